The molecule has 0 fully saturated rings. The molecular weight excluding hydrogens is 256 g/mol. The third-order valence-electron chi connectivity index (χ3n) is 2.48. The average Bonchev–Trinajstić information content (AvgIpc) is 2.44. The Hall–Kier alpha value is -2.62. The van der Waals surface area contributed by atoms with Gasteiger partial charge < -0.3 is 9.84 Å². The standard InChI is InChI=1S/C16H16O4/c1-3-8-13(4-2)20-16(19)14(15(17)18)11-12-9-6-5-7-10-12/h3-7,9-11,13H,1-2,8H2,(H,17,18). The molecule has 0 aliphatic carbocycles. The van der Waals surface area contributed by atoms with Crippen LogP contribution in [0.25, 0.3) is 6.08 Å². The van der Waals surface area contributed by atoms with Gasteiger partial charge in [-0.1, -0.05) is 49.1 Å². The van der Waals surface area contributed by atoms with E-state index in [1.807, 2.05) is 0 Å². The highest BCUT2D eigenvalue weighted by Crippen LogP contribution is 2.11. The van der Waals surface area contributed by atoms with E-state index in [4.69, 9.17) is 9.84 Å². The molecule has 4 heteroatoms. The molecule has 0 aromatic heterocycles. The van der Waals surface area contributed by atoms with Gasteiger partial charge >= 0.3 is 11.9 Å². The van der Waals surface area contributed by atoms with E-state index in [0.717, 1.165) is 0 Å². The number of aliphatic carboxylic acids is 1. The predicted molar refractivity (Wildman–Crippen MR) is 76.9 cm³/mol. The lowest BCUT2D eigenvalue weighted by atomic mass is 10.1. The average molecular weight is 272 g/mol. The molecule has 0 radical (unpaired) electrons. The Balaban J connectivity index is 2.94. The van der Waals surface area contributed by atoms with Gasteiger partial charge in [-0.05, 0) is 11.6 Å². The number of benzene rings is 1. The molecule has 1 aromatic carbocycles. The highest BCUT2D eigenvalue weighted by Gasteiger charge is 2.21. The minimum Gasteiger partial charge on any atom is -0.477 e. The van der Waals surface area contributed by atoms with Crippen LogP contribution < -0.4 is 0 Å². The summed E-state index contributed by atoms with van der Waals surface area (Å²) in [5.74, 6) is -2.23. The van der Waals surface area contributed by atoms with Gasteiger partial charge in [0.1, 0.15) is 11.7 Å². The second-order valence-electron chi connectivity index (χ2n) is 3.98. The van der Waals surface area contributed by atoms with Crippen LogP contribution in [0.5, 0.6) is 0 Å². The fourth-order valence-corrected chi connectivity index (χ4v) is 1.48. The molecular formula is C16H16O4. The molecule has 0 aliphatic heterocycles. The molecule has 1 rings (SSSR count). The maximum absolute atomic E-state index is 11.9. The molecule has 104 valence electrons. The fourth-order valence-electron chi connectivity index (χ4n) is 1.48. The van der Waals surface area contributed by atoms with E-state index in [-0.39, 0.29) is 0 Å². The normalized spacial score (nSPS) is 12.3. The number of carbonyl (C=O) groups excluding carboxylic acids is 1. The Morgan fingerprint density at radius 3 is 2.40 bits per heavy atom. The highest BCUT2D eigenvalue weighted by molar-refractivity contribution is 6.17. The molecule has 4 nitrogen and oxygen atoms in total. The summed E-state index contributed by atoms with van der Waals surface area (Å²) in [7, 11) is 0. The summed E-state index contributed by atoms with van der Waals surface area (Å²) in [5.41, 5.74) is 0.188. The van der Waals surface area contributed by atoms with Crippen molar-refractivity contribution in [2.24, 2.45) is 0 Å². The van der Waals surface area contributed by atoms with Crippen LogP contribution in [0.3, 0.4) is 0 Å². The maximum Gasteiger partial charge on any atom is 0.346 e. The highest BCUT2D eigenvalue weighted by atomic mass is 16.5. The molecule has 0 saturated carbocycles. The number of carboxylic acids is 1. The molecule has 1 atom stereocenters. The van der Waals surface area contributed by atoms with Crippen LogP contribution in [0.2, 0.25) is 0 Å². The van der Waals surface area contributed by atoms with Crippen molar-refractivity contribution in [2.45, 2.75) is 12.5 Å². The van der Waals surface area contributed by atoms with Crippen molar-refractivity contribution in [1.82, 2.24) is 0 Å². The van der Waals surface area contributed by atoms with Crippen LogP contribution in [0.15, 0.2) is 61.2 Å². The van der Waals surface area contributed by atoms with E-state index in [9.17, 15) is 9.59 Å². The van der Waals surface area contributed by atoms with E-state index in [1.165, 1.54) is 12.2 Å². The molecule has 1 aromatic rings. The van der Waals surface area contributed by atoms with Gasteiger partial charge in [0.15, 0.2) is 0 Å². The first-order valence-electron chi connectivity index (χ1n) is 6.03. The monoisotopic (exact) mass is 272 g/mol. The van der Waals surface area contributed by atoms with Gasteiger partial charge in [0.05, 0.1) is 0 Å². The summed E-state index contributed by atoms with van der Waals surface area (Å²) in [6, 6.07) is 8.70. The van der Waals surface area contributed by atoms with Gasteiger partial charge in [0.25, 0.3) is 0 Å². The van der Waals surface area contributed by atoms with Gasteiger partial charge in [0.2, 0.25) is 0 Å². The Labute approximate surface area is 117 Å². The number of carboxylic acid groups (broad SMARTS) is 1. The number of rotatable bonds is 7. The Morgan fingerprint density at radius 2 is 1.90 bits per heavy atom. The lowest BCUT2D eigenvalue weighted by molar-refractivity contribution is -0.146. The predicted octanol–water partition coefficient (Wildman–Crippen LogP) is 2.83. The van der Waals surface area contributed by atoms with Crippen molar-refractivity contribution in [3.63, 3.8) is 0 Å². The number of hydrogen-bond acceptors (Lipinski definition) is 3. The molecule has 0 heterocycles. The second kappa shape index (κ2) is 7.74. The van der Waals surface area contributed by atoms with E-state index in [0.29, 0.717) is 12.0 Å². The molecule has 1 N–H and O–H groups in total. The van der Waals surface area contributed by atoms with Crippen LogP contribution in [0.1, 0.15) is 12.0 Å². The first-order chi connectivity index (χ1) is 9.58. The van der Waals surface area contributed by atoms with Crippen molar-refractivity contribution in [3.8, 4) is 0 Å². The van der Waals surface area contributed by atoms with Crippen molar-refractivity contribution < 1.29 is 19.4 Å². The van der Waals surface area contributed by atoms with Gasteiger partial charge in [0, 0.05) is 6.42 Å². The van der Waals surface area contributed by atoms with E-state index in [1.54, 1.807) is 36.4 Å². The number of hydrogen-bond donors (Lipinski definition) is 1. The summed E-state index contributed by atoms with van der Waals surface area (Å²) < 4.78 is 5.06. The zero-order valence-electron chi connectivity index (χ0n) is 11.0. The summed E-state index contributed by atoms with van der Waals surface area (Å²) in [4.78, 5) is 23.0. The van der Waals surface area contributed by atoms with Gasteiger partial charge in [-0.25, -0.2) is 9.59 Å². The zero-order valence-corrected chi connectivity index (χ0v) is 11.0. The zero-order chi connectivity index (χ0) is 15.0. The summed E-state index contributed by atoms with van der Waals surface area (Å²) >= 11 is 0. The van der Waals surface area contributed by atoms with Crippen LogP contribution in [-0.4, -0.2) is 23.1 Å². The maximum atomic E-state index is 11.9. The number of carbonyl (C=O) groups is 2. The quantitative estimate of drug-likeness (QED) is 0.272. The Kier molecular flexibility index (Phi) is 5.97. The second-order valence-corrected chi connectivity index (χ2v) is 3.98. The van der Waals surface area contributed by atoms with Gasteiger partial charge in [-0.2, -0.15) is 0 Å². The first kappa shape index (κ1) is 15.4. The first-order valence-corrected chi connectivity index (χ1v) is 6.03. The molecule has 0 bridgehead atoms. The van der Waals surface area contributed by atoms with Crippen LogP contribution in [-0.2, 0) is 14.3 Å². The van der Waals surface area contributed by atoms with Crippen LogP contribution in [0.4, 0.5) is 0 Å². The lowest BCUT2D eigenvalue weighted by Crippen LogP contribution is -2.21. The van der Waals surface area contributed by atoms with Crippen molar-refractivity contribution >= 4 is 18.0 Å². The molecule has 0 saturated heterocycles. The fraction of sp³-hybridized carbons (Fsp3) is 0.125. The van der Waals surface area contributed by atoms with E-state index >= 15 is 0 Å². The SMILES string of the molecule is C=CCC(C=C)OC(=O)C(=Cc1ccccc1)C(=O)O. The topological polar surface area (TPSA) is 63.6 Å². The van der Waals surface area contributed by atoms with Gasteiger partial charge in [-0.3, -0.25) is 0 Å². The summed E-state index contributed by atoms with van der Waals surface area (Å²) in [6.45, 7) is 7.06. The molecule has 20 heavy (non-hydrogen) atoms. The summed E-state index contributed by atoms with van der Waals surface area (Å²) in [5, 5.41) is 9.11. The van der Waals surface area contributed by atoms with Crippen molar-refractivity contribution in [1.29, 1.82) is 0 Å². The third-order valence-corrected chi connectivity index (χ3v) is 2.48. The third kappa shape index (κ3) is 4.57. The Bertz CT molecular complexity index is 529. The lowest BCUT2D eigenvalue weighted by Gasteiger charge is -2.12. The largest absolute Gasteiger partial charge is 0.477 e. The van der Waals surface area contributed by atoms with Crippen LogP contribution in [0, 0.1) is 0 Å². The van der Waals surface area contributed by atoms with E-state index < -0.39 is 23.6 Å². The smallest absolute Gasteiger partial charge is 0.346 e. The van der Waals surface area contributed by atoms with E-state index in [2.05, 4.69) is 13.2 Å². The minimum atomic E-state index is -1.33. The Morgan fingerprint density at radius 1 is 1.25 bits per heavy atom. The number of esters is 1. The minimum absolute atomic E-state index is 0.382. The number of ether oxygens (including phenoxy) is 1. The molecule has 1 unspecified atom stereocenters. The summed E-state index contributed by atoms with van der Waals surface area (Å²) in [6.07, 6.45) is 4.08. The van der Waals surface area contributed by atoms with Crippen molar-refractivity contribution in [3.05, 3.63) is 66.8 Å². The van der Waals surface area contributed by atoms with Gasteiger partial charge in [-0.15, -0.1) is 6.58 Å². The molecule has 0 spiro atoms. The molecule has 0 amide bonds. The molecule has 0 aliphatic rings. The van der Waals surface area contributed by atoms with Crippen LogP contribution >= 0.6 is 0 Å². The van der Waals surface area contributed by atoms with Crippen molar-refractivity contribution in [2.75, 3.05) is 0 Å².